The molecule has 130 valence electrons. The van der Waals surface area contributed by atoms with E-state index >= 15 is 0 Å². The van der Waals surface area contributed by atoms with E-state index in [1.165, 1.54) is 19.8 Å². The molecule has 8 nitrogen and oxygen atoms in total. The first kappa shape index (κ1) is 22.6. The third-order valence-electron chi connectivity index (χ3n) is 2.27. The largest absolute Gasteiger partial charge is 0.550 e. The van der Waals surface area contributed by atoms with E-state index in [0.717, 1.165) is 13.5 Å². The van der Waals surface area contributed by atoms with Gasteiger partial charge in [-0.25, -0.2) is 18.7 Å². The Bertz CT molecular complexity index is 530. The second-order valence-electron chi connectivity index (χ2n) is 4.63. The first-order chi connectivity index (χ1) is 10.6. The van der Waals surface area contributed by atoms with Gasteiger partial charge in [-0.2, -0.15) is 0 Å². The van der Waals surface area contributed by atoms with Crippen LogP contribution in [0, 0.1) is 0 Å². The fraction of sp³-hybridized carbons (Fsp3) is 0.467. The van der Waals surface area contributed by atoms with E-state index in [0.29, 0.717) is 6.08 Å². The summed E-state index contributed by atoms with van der Waals surface area (Å²) < 4.78 is 4.28. The van der Waals surface area contributed by atoms with Crippen LogP contribution in [-0.4, -0.2) is 32.7 Å². The number of aromatic nitrogens is 2. The van der Waals surface area contributed by atoms with Gasteiger partial charge in [-0.05, 0) is 20.3 Å². The third-order valence-corrected chi connectivity index (χ3v) is 2.27. The van der Waals surface area contributed by atoms with Crippen molar-refractivity contribution in [2.45, 2.75) is 40.2 Å². The van der Waals surface area contributed by atoms with Gasteiger partial charge in [-0.15, -0.1) is 0 Å². The van der Waals surface area contributed by atoms with Gasteiger partial charge in [0.2, 0.25) is 6.33 Å². The monoisotopic (exact) mass is 328 g/mol. The van der Waals surface area contributed by atoms with Crippen molar-refractivity contribution in [1.29, 1.82) is 0 Å². The highest BCUT2D eigenvalue weighted by Gasteiger charge is 2.00. The Morgan fingerprint density at radius 3 is 2.04 bits per heavy atom. The molecule has 0 aliphatic carbocycles. The standard InChI is InChI=1S/C8H15N2.C5H6O4.C2H4O2/c1-3-4-5-10-7-6-9(2)8-10;1-3(5(8)9)2-4(6)7;1-2(3)4/h6-8H,3-5H2,1-2H3;2H,1H3,(H,6,7)(H,8,9);1H3,(H,3,4)/q+1;;/p-1/b;3-2-;. The maximum Gasteiger partial charge on any atom is 0.331 e. The summed E-state index contributed by atoms with van der Waals surface area (Å²) in [6.45, 7) is 5.55. The molecule has 0 aliphatic rings. The quantitative estimate of drug-likeness (QED) is 0.578. The number of carbonyl (C=O) groups excluding carboxylic acids is 1. The van der Waals surface area contributed by atoms with Gasteiger partial charge in [0.25, 0.3) is 0 Å². The van der Waals surface area contributed by atoms with Crippen molar-refractivity contribution in [3.63, 3.8) is 0 Å². The van der Waals surface area contributed by atoms with Gasteiger partial charge in [0.05, 0.1) is 13.6 Å². The minimum absolute atomic E-state index is 0.178. The zero-order chi connectivity index (χ0) is 18.4. The molecule has 1 rings (SSSR count). The highest BCUT2D eigenvalue weighted by Crippen LogP contribution is 1.89. The zero-order valence-corrected chi connectivity index (χ0v) is 13.9. The molecule has 2 N–H and O–H groups in total. The van der Waals surface area contributed by atoms with Gasteiger partial charge in [0, 0.05) is 17.6 Å². The number of carboxylic acid groups (broad SMARTS) is 3. The van der Waals surface area contributed by atoms with Gasteiger partial charge in [-0.3, -0.25) is 0 Å². The van der Waals surface area contributed by atoms with Crippen LogP contribution >= 0.6 is 0 Å². The zero-order valence-electron chi connectivity index (χ0n) is 13.9. The highest BCUT2D eigenvalue weighted by molar-refractivity contribution is 5.93. The number of hydrogen-bond donors (Lipinski definition) is 2. The summed E-state index contributed by atoms with van der Waals surface area (Å²) in [6.07, 6.45) is 9.46. The maximum atomic E-state index is 9.90. The Kier molecular flexibility index (Phi) is 12.8. The van der Waals surface area contributed by atoms with E-state index in [1.54, 1.807) is 0 Å². The summed E-state index contributed by atoms with van der Waals surface area (Å²) in [5.74, 6) is -3.53. The molecule has 0 saturated carbocycles. The van der Waals surface area contributed by atoms with Crippen molar-refractivity contribution < 1.29 is 34.3 Å². The van der Waals surface area contributed by atoms with E-state index in [4.69, 9.17) is 20.1 Å². The van der Waals surface area contributed by atoms with E-state index in [2.05, 4.69) is 34.8 Å². The first-order valence-electron chi connectivity index (χ1n) is 6.93. The first-order valence-corrected chi connectivity index (χ1v) is 6.93. The molecule has 0 fully saturated rings. The van der Waals surface area contributed by atoms with Crippen LogP contribution in [0.3, 0.4) is 0 Å². The lowest BCUT2D eigenvalue weighted by Crippen LogP contribution is -2.30. The second-order valence-corrected chi connectivity index (χ2v) is 4.63. The fourth-order valence-corrected chi connectivity index (χ4v) is 1.22. The molecule has 0 spiro atoms. The van der Waals surface area contributed by atoms with Crippen LogP contribution in [0.15, 0.2) is 30.4 Å². The number of aliphatic carboxylic acids is 3. The second kappa shape index (κ2) is 13.1. The van der Waals surface area contributed by atoms with Crippen LogP contribution in [0.25, 0.3) is 0 Å². The van der Waals surface area contributed by atoms with Gasteiger partial charge in [0.1, 0.15) is 12.4 Å². The summed E-state index contributed by atoms with van der Waals surface area (Å²) in [6, 6.07) is 0. The smallest absolute Gasteiger partial charge is 0.331 e. The number of carboxylic acids is 3. The van der Waals surface area contributed by atoms with E-state index in [1.807, 2.05) is 7.05 Å². The number of unbranched alkanes of at least 4 members (excludes halogenated alkanes) is 1. The highest BCUT2D eigenvalue weighted by atomic mass is 16.4. The molecule has 1 aromatic rings. The van der Waals surface area contributed by atoms with Crippen LogP contribution < -0.4 is 9.67 Å². The van der Waals surface area contributed by atoms with Crippen molar-refractivity contribution in [2.75, 3.05) is 0 Å². The van der Waals surface area contributed by atoms with Crippen LogP contribution in [0.5, 0.6) is 0 Å². The molecule has 0 radical (unpaired) electrons. The van der Waals surface area contributed by atoms with Crippen LogP contribution in [-0.2, 0) is 28.0 Å². The molecule has 0 aliphatic heterocycles. The third kappa shape index (κ3) is 17.3. The van der Waals surface area contributed by atoms with Crippen molar-refractivity contribution in [1.82, 2.24) is 4.57 Å². The maximum absolute atomic E-state index is 9.90. The van der Waals surface area contributed by atoms with Gasteiger partial charge < -0.3 is 20.1 Å². The Morgan fingerprint density at radius 1 is 1.26 bits per heavy atom. The average molecular weight is 328 g/mol. The lowest BCUT2D eigenvalue weighted by atomic mass is 10.3. The lowest BCUT2D eigenvalue weighted by Gasteiger charge is -1.90. The van der Waals surface area contributed by atoms with Crippen LogP contribution in [0.1, 0.15) is 33.6 Å². The van der Waals surface area contributed by atoms with Crippen molar-refractivity contribution in [2.24, 2.45) is 7.05 Å². The van der Waals surface area contributed by atoms with E-state index in [9.17, 15) is 9.59 Å². The molecule has 23 heavy (non-hydrogen) atoms. The minimum Gasteiger partial charge on any atom is -0.550 e. The van der Waals surface area contributed by atoms with Gasteiger partial charge in [-0.1, -0.05) is 13.3 Å². The molecule has 0 atom stereocenters. The summed E-state index contributed by atoms with van der Waals surface area (Å²) >= 11 is 0. The van der Waals surface area contributed by atoms with Crippen LogP contribution in [0.4, 0.5) is 0 Å². The minimum atomic E-state index is -1.24. The summed E-state index contributed by atoms with van der Waals surface area (Å²) in [5, 5.41) is 25.0. The Balaban J connectivity index is 0. The number of rotatable bonds is 5. The topological polar surface area (TPSA) is 124 Å². The molecule has 1 heterocycles. The predicted molar refractivity (Wildman–Crippen MR) is 80.2 cm³/mol. The van der Waals surface area contributed by atoms with Gasteiger partial charge >= 0.3 is 11.9 Å². The molecular formula is C15H24N2O6. The normalized spacial score (nSPS) is 9.83. The fourth-order valence-electron chi connectivity index (χ4n) is 1.22. The van der Waals surface area contributed by atoms with Crippen LogP contribution in [0.2, 0.25) is 0 Å². The molecule has 0 unspecified atom stereocenters. The Morgan fingerprint density at radius 2 is 1.78 bits per heavy atom. The SMILES string of the molecule is C/C(=C/C(=O)O)C(=O)O.CC(=O)[O-].CCCC[n+]1ccn(C)c1. The molecule has 0 aromatic carbocycles. The average Bonchev–Trinajstić information content (AvgIpc) is 2.81. The lowest BCUT2D eigenvalue weighted by molar-refractivity contribution is -0.696. The predicted octanol–water partition coefficient (Wildman–Crippen LogP) is -0.0292. The van der Waals surface area contributed by atoms with Crippen molar-refractivity contribution >= 4 is 17.9 Å². The summed E-state index contributed by atoms with van der Waals surface area (Å²) in [4.78, 5) is 28.6. The molecule has 0 bridgehead atoms. The molecule has 0 amide bonds. The number of imidazole rings is 1. The summed E-state index contributed by atoms with van der Waals surface area (Å²) in [5.41, 5.74) is -0.178. The number of hydrogen-bond acceptors (Lipinski definition) is 4. The number of nitrogens with zero attached hydrogens (tertiary/aromatic N) is 2. The summed E-state index contributed by atoms with van der Waals surface area (Å²) in [7, 11) is 2.04. The number of carbonyl (C=O) groups is 3. The molecular weight excluding hydrogens is 304 g/mol. The van der Waals surface area contributed by atoms with Gasteiger partial charge in [0.15, 0.2) is 0 Å². The van der Waals surface area contributed by atoms with Crippen molar-refractivity contribution in [3.8, 4) is 0 Å². The molecule has 1 aromatic heterocycles. The Labute approximate surface area is 135 Å². The number of aryl methyl sites for hydroxylation is 2. The van der Waals surface area contributed by atoms with E-state index < -0.39 is 17.9 Å². The Hall–Kier alpha value is -2.64. The van der Waals surface area contributed by atoms with Crippen molar-refractivity contribution in [3.05, 3.63) is 30.4 Å². The van der Waals surface area contributed by atoms with E-state index in [-0.39, 0.29) is 5.57 Å². The molecule has 8 heteroatoms. The molecule has 0 saturated heterocycles.